The molecule has 2 rings (SSSR count). The van der Waals surface area contributed by atoms with Crippen molar-refractivity contribution in [3.63, 3.8) is 0 Å². The Labute approximate surface area is 109 Å². The van der Waals surface area contributed by atoms with Gasteiger partial charge < -0.3 is 14.7 Å². The number of methoxy groups -OCH3 is 1. The second kappa shape index (κ2) is 5.30. The molecule has 1 aromatic carbocycles. The Morgan fingerprint density at radius 2 is 2.28 bits per heavy atom. The topological polar surface area (TPSA) is 66.8 Å². The molecule has 1 saturated heterocycles. The highest BCUT2D eigenvalue weighted by atomic mass is 32.2. The van der Waals surface area contributed by atoms with Crippen LogP contribution in [0.4, 0.5) is 0 Å². The number of hydrogen-bond donors (Lipinski definition) is 1. The van der Waals surface area contributed by atoms with E-state index in [0.29, 0.717) is 6.42 Å². The molecule has 1 aliphatic rings. The van der Waals surface area contributed by atoms with Crippen LogP contribution < -0.4 is 4.74 Å². The number of amides is 1. The zero-order chi connectivity index (χ0) is 13.1. The van der Waals surface area contributed by atoms with E-state index in [9.17, 15) is 9.59 Å². The SMILES string of the molecule is COc1ccccc1SC1CC(=O)N1CC(=O)O. The summed E-state index contributed by atoms with van der Waals surface area (Å²) in [5.41, 5.74) is 0. The van der Waals surface area contributed by atoms with Crippen molar-refractivity contribution in [2.45, 2.75) is 16.7 Å². The first-order valence-electron chi connectivity index (χ1n) is 5.42. The predicted octanol–water partition coefficient (Wildman–Crippen LogP) is 1.43. The number of carboxylic acid groups (broad SMARTS) is 1. The summed E-state index contributed by atoms with van der Waals surface area (Å²) in [6, 6.07) is 7.48. The number of benzene rings is 1. The van der Waals surface area contributed by atoms with E-state index >= 15 is 0 Å². The average molecular weight is 267 g/mol. The Kier molecular flexibility index (Phi) is 3.76. The number of rotatable bonds is 5. The quantitative estimate of drug-likeness (QED) is 0.817. The smallest absolute Gasteiger partial charge is 0.323 e. The fourth-order valence-electron chi connectivity index (χ4n) is 1.73. The van der Waals surface area contributed by atoms with Crippen molar-refractivity contribution in [1.82, 2.24) is 4.90 Å². The Hall–Kier alpha value is -1.69. The molecule has 1 aromatic rings. The van der Waals surface area contributed by atoms with Gasteiger partial charge in [0.2, 0.25) is 5.91 Å². The molecule has 1 aliphatic heterocycles. The number of thioether (sulfide) groups is 1. The summed E-state index contributed by atoms with van der Waals surface area (Å²) in [7, 11) is 1.58. The van der Waals surface area contributed by atoms with E-state index in [1.807, 2.05) is 24.3 Å². The third-order valence-electron chi connectivity index (χ3n) is 2.65. The standard InChI is InChI=1S/C12H13NO4S/c1-17-8-4-2-3-5-9(8)18-11-6-10(14)13(11)7-12(15)16/h2-5,11H,6-7H2,1H3,(H,15,16). The zero-order valence-corrected chi connectivity index (χ0v) is 10.6. The van der Waals surface area contributed by atoms with Gasteiger partial charge in [0.15, 0.2) is 0 Å². The zero-order valence-electron chi connectivity index (χ0n) is 9.83. The third-order valence-corrected chi connectivity index (χ3v) is 3.94. The fourth-order valence-corrected chi connectivity index (χ4v) is 2.99. The van der Waals surface area contributed by atoms with Crippen LogP contribution in [0.25, 0.3) is 0 Å². The lowest BCUT2D eigenvalue weighted by Crippen LogP contribution is -2.52. The lowest BCUT2D eigenvalue weighted by atomic mass is 10.2. The molecule has 1 heterocycles. The van der Waals surface area contributed by atoms with E-state index < -0.39 is 5.97 Å². The summed E-state index contributed by atoms with van der Waals surface area (Å²) < 4.78 is 5.22. The van der Waals surface area contributed by atoms with E-state index in [4.69, 9.17) is 9.84 Å². The second-order valence-corrected chi connectivity index (χ2v) is 5.06. The number of nitrogens with zero attached hydrogens (tertiary/aromatic N) is 1. The number of carboxylic acids is 1. The fraction of sp³-hybridized carbons (Fsp3) is 0.333. The van der Waals surface area contributed by atoms with Crippen molar-refractivity contribution in [1.29, 1.82) is 0 Å². The number of aliphatic carboxylic acids is 1. The molecule has 1 fully saturated rings. The summed E-state index contributed by atoms with van der Waals surface area (Å²) in [4.78, 5) is 24.3. The maximum Gasteiger partial charge on any atom is 0.323 e. The van der Waals surface area contributed by atoms with Crippen LogP contribution in [0, 0.1) is 0 Å². The summed E-state index contributed by atoms with van der Waals surface area (Å²) in [6.07, 6.45) is 0.371. The Morgan fingerprint density at radius 3 is 2.89 bits per heavy atom. The van der Waals surface area contributed by atoms with Crippen LogP contribution in [0.15, 0.2) is 29.2 Å². The normalized spacial score (nSPS) is 18.4. The van der Waals surface area contributed by atoms with Gasteiger partial charge in [-0.2, -0.15) is 0 Å². The number of carbonyl (C=O) groups excluding carboxylic acids is 1. The van der Waals surface area contributed by atoms with Crippen LogP contribution >= 0.6 is 11.8 Å². The van der Waals surface area contributed by atoms with Crippen molar-refractivity contribution in [3.8, 4) is 5.75 Å². The Balaban J connectivity index is 2.05. The van der Waals surface area contributed by atoms with E-state index in [0.717, 1.165) is 10.6 Å². The first-order chi connectivity index (χ1) is 8.61. The lowest BCUT2D eigenvalue weighted by molar-refractivity contribution is -0.151. The van der Waals surface area contributed by atoms with Crippen molar-refractivity contribution < 1.29 is 19.4 Å². The molecule has 6 heteroatoms. The molecule has 1 atom stereocenters. The van der Waals surface area contributed by atoms with Gasteiger partial charge in [0, 0.05) is 0 Å². The maximum atomic E-state index is 11.3. The average Bonchev–Trinajstić information content (AvgIpc) is 2.36. The first-order valence-corrected chi connectivity index (χ1v) is 6.30. The number of β-lactam (4-membered cyclic amide) rings is 1. The van der Waals surface area contributed by atoms with E-state index in [1.54, 1.807) is 7.11 Å². The highest BCUT2D eigenvalue weighted by Gasteiger charge is 2.38. The van der Waals surface area contributed by atoms with Gasteiger partial charge in [0.25, 0.3) is 0 Å². The van der Waals surface area contributed by atoms with Gasteiger partial charge in [-0.05, 0) is 12.1 Å². The molecule has 0 saturated carbocycles. The van der Waals surface area contributed by atoms with E-state index in [1.165, 1.54) is 16.7 Å². The molecule has 1 N–H and O–H groups in total. The predicted molar refractivity (Wildman–Crippen MR) is 66.6 cm³/mol. The van der Waals surface area contributed by atoms with E-state index in [2.05, 4.69) is 0 Å². The van der Waals surface area contributed by atoms with Crippen LogP contribution in [-0.4, -0.2) is 40.9 Å². The Bertz CT molecular complexity index is 477. The molecular formula is C12H13NO4S. The van der Waals surface area contributed by atoms with Gasteiger partial charge in [-0.15, -0.1) is 0 Å². The number of likely N-dealkylation sites (tertiary alicyclic amines) is 1. The molecule has 0 aromatic heterocycles. The molecule has 0 bridgehead atoms. The van der Waals surface area contributed by atoms with E-state index in [-0.39, 0.29) is 17.8 Å². The number of carbonyl (C=O) groups is 2. The Morgan fingerprint density at radius 1 is 1.56 bits per heavy atom. The molecule has 1 unspecified atom stereocenters. The highest BCUT2D eigenvalue weighted by Crippen LogP contribution is 2.38. The molecular weight excluding hydrogens is 254 g/mol. The van der Waals surface area contributed by atoms with Crippen molar-refractivity contribution in [2.24, 2.45) is 0 Å². The minimum absolute atomic E-state index is 0.120. The number of para-hydroxylation sites is 1. The van der Waals surface area contributed by atoms with Gasteiger partial charge in [-0.3, -0.25) is 9.59 Å². The second-order valence-electron chi connectivity index (χ2n) is 3.84. The van der Waals surface area contributed by atoms with Crippen LogP contribution in [-0.2, 0) is 9.59 Å². The minimum Gasteiger partial charge on any atom is -0.496 e. The van der Waals surface area contributed by atoms with Crippen molar-refractivity contribution in [2.75, 3.05) is 13.7 Å². The van der Waals surface area contributed by atoms with Gasteiger partial charge in [0.1, 0.15) is 12.3 Å². The number of hydrogen-bond acceptors (Lipinski definition) is 4. The molecule has 1 amide bonds. The summed E-state index contributed by atoms with van der Waals surface area (Å²) in [6.45, 7) is -0.244. The van der Waals surface area contributed by atoms with Crippen LogP contribution in [0.3, 0.4) is 0 Å². The van der Waals surface area contributed by atoms with Gasteiger partial charge in [-0.25, -0.2) is 0 Å². The highest BCUT2D eigenvalue weighted by molar-refractivity contribution is 8.00. The van der Waals surface area contributed by atoms with Crippen molar-refractivity contribution in [3.05, 3.63) is 24.3 Å². The minimum atomic E-state index is -0.992. The molecule has 0 radical (unpaired) electrons. The van der Waals surface area contributed by atoms with Gasteiger partial charge in [-0.1, -0.05) is 23.9 Å². The summed E-state index contributed by atoms with van der Waals surface area (Å²) in [5, 5.41) is 8.60. The first kappa shape index (κ1) is 12.8. The third kappa shape index (κ3) is 2.59. The molecule has 0 aliphatic carbocycles. The maximum absolute atomic E-state index is 11.3. The molecule has 18 heavy (non-hydrogen) atoms. The number of ether oxygens (including phenoxy) is 1. The van der Waals surface area contributed by atoms with Crippen LogP contribution in [0.1, 0.15) is 6.42 Å². The molecule has 5 nitrogen and oxygen atoms in total. The summed E-state index contributed by atoms with van der Waals surface area (Å²) in [5.74, 6) is -0.379. The largest absolute Gasteiger partial charge is 0.496 e. The van der Waals surface area contributed by atoms with Gasteiger partial charge >= 0.3 is 5.97 Å². The lowest BCUT2D eigenvalue weighted by Gasteiger charge is -2.38. The van der Waals surface area contributed by atoms with Gasteiger partial charge in [0.05, 0.1) is 23.8 Å². The molecule has 0 spiro atoms. The molecule has 96 valence electrons. The monoisotopic (exact) mass is 267 g/mol. The van der Waals surface area contributed by atoms with Crippen LogP contribution in [0.5, 0.6) is 5.75 Å². The van der Waals surface area contributed by atoms with Crippen LogP contribution in [0.2, 0.25) is 0 Å². The summed E-state index contributed by atoms with van der Waals surface area (Å²) >= 11 is 1.45. The van der Waals surface area contributed by atoms with Crippen molar-refractivity contribution >= 4 is 23.6 Å².